The van der Waals surface area contributed by atoms with E-state index in [0.717, 1.165) is 22.4 Å². The number of aromatic nitrogens is 1. The summed E-state index contributed by atoms with van der Waals surface area (Å²) in [6.45, 7) is 16.3. The highest BCUT2D eigenvalue weighted by Gasteiger charge is 2.41. The van der Waals surface area contributed by atoms with E-state index in [0.29, 0.717) is 0 Å². The average Bonchev–Trinajstić information content (AvgIpc) is 3.36. The molecule has 5 aromatic rings. The van der Waals surface area contributed by atoms with Gasteiger partial charge in [-0.25, -0.2) is 0 Å². The minimum absolute atomic E-state index is 0.0692. The highest BCUT2D eigenvalue weighted by atomic mass is 32.1. The van der Waals surface area contributed by atoms with Crippen LogP contribution in [0.5, 0.6) is 0 Å². The standard InChI is InChI=1S/C31H33NOS/c1-29(2,3)18-13-16-32-22(17-18)21-10-8-9-19-20-11-12-23-24(27(20)33-26(19)21)25-28(34-23)31(6,7)15-14-30(25,4)5/h8-13,16-17H,14-15H2,1-7H3. The van der Waals surface area contributed by atoms with E-state index in [1.54, 1.807) is 0 Å². The molecule has 2 nitrogen and oxygen atoms in total. The lowest BCUT2D eigenvalue weighted by atomic mass is 9.66. The van der Waals surface area contributed by atoms with Crippen LogP contribution in [0, 0.1) is 0 Å². The monoisotopic (exact) mass is 467 g/mol. The van der Waals surface area contributed by atoms with Gasteiger partial charge in [-0.05, 0) is 70.5 Å². The first-order valence-electron chi connectivity index (χ1n) is 12.4. The molecular weight excluding hydrogens is 434 g/mol. The minimum Gasteiger partial charge on any atom is -0.455 e. The van der Waals surface area contributed by atoms with Gasteiger partial charge in [0.25, 0.3) is 0 Å². The molecule has 3 heteroatoms. The number of hydrogen-bond acceptors (Lipinski definition) is 3. The SMILES string of the molecule is CC(C)(C)c1ccnc(-c2cccc3c2oc2c3ccc3sc4c(c32)C(C)(C)CCC4(C)C)c1. The molecule has 0 saturated heterocycles. The Balaban J connectivity index is 1.68. The van der Waals surface area contributed by atoms with Crippen LogP contribution >= 0.6 is 11.3 Å². The van der Waals surface area contributed by atoms with Gasteiger partial charge in [0.1, 0.15) is 11.2 Å². The maximum atomic E-state index is 6.83. The Kier molecular flexibility index (Phi) is 4.46. The lowest BCUT2D eigenvalue weighted by Crippen LogP contribution is -2.32. The van der Waals surface area contributed by atoms with Gasteiger partial charge < -0.3 is 4.42 Å². The van der Waals surface area contributed by atoms with Crippen molar-refractivity contribution < 1.29 is 4.42 Å². The van der Waals surface area contributed by atoms with Crippen LogP contribution in [0.1, 0.15) is 77.3 Å². The molecule has 34 heavy (non-hydrogen) atoms. The third-order valence-corrected chi connectivity index (χ3v) is 9.41. The summed E-state index contributed by atoms with van der Waals surface area (Å²) >= 11 is 1.97. The second-order valence-electron chi connectivity index (χ2n) is 12.4. The van der Waals surface area contributed by atoms with Crippen molar-refractivity contribution in [3.8, 4) is 11.3 Å². The third kappa shape index (κ3) is 3.09. The molecule has 3 aromatic heterocycles. The molecule has 0 unspecified atom stereocenters. The first kappa shape index (κ1) is 21.9. The van der Waals surface area contributed by atoms with Crippen LogP contribution < -0.4 is 0 Å². The molecule has 0 spiro atoms. The molecular formula is C31H33NOS. The Morgan fingerprint density at radius 2 is 1.62 bits per heavy atom. The third-order valence-electron chi connectivity index (χ3n) is 7.89. The zero-order valence-electron chi connectivity index (χ0n) is 21.3. The fraction of sp³-hybridized carbons (Fsp3) is 0.387. The summed E-state index contributed by atoms with van der Waals surface area (Å²) in [7, 11) is 0. The molecule has 0 radical (unpaired) electrons. The predicted molar refractivity (Wildman–Crippen MR) is 146 cm³/mol. The van der Waals surface area contributed by atoms with Crippen molar-refractivity contribution in [2.24, 2.45) is 0 Å². The number of pyridine rings is 1. The van der Waals surface area contributed by atoms with Crippen LogP contribution in [0.15, 0.2) is 53.1 Å². The van der Waals surface area contributed by atoms with Gasteiger partial charge in [0.2, 0.25) is 0 Å². The number of fused-ring (bicyclic) bond motifs is 7. The van der Waals surface area contributed by atoms with Crippen molar-refractivity contribution in [1.29, 1.82) is 0 Å². The summed E-state index contributed by atoms with van der Waals surface area (Å²) in [5, 5.41) is 3.70. The van der Waals surface area contributed by atoms with Crippen LogP contribution in [-0.2, 0) is 16.2 Å². The van der Waals surface area contributed by atoms with E-state index in [-0.39, 0.29) is 16.2 Å². The predicted octanol–water partition coefficient (Wildman–Crippen LogP) is 9.51. The molecule has 0 aliphatic heterocycles. The van der Waals surface area contributed by atoms with Gasteiger partial charge >= 0.3 is 0 Å². The van der Waals surface area contributed by atoms with Crippen LogP contribution in [0.4, 0.5) is 0 Å². The van der Waals surface area contributed by atoms with Gasteiger partial charge in [0.05, 0.1) is 5.69 Å². The van der Waals surface area contributed by atoms with Gasteiger partial charge in [-0.2, -0.15) is 0 Å². The van der Waals surface area contributed by atoms with E-state index in [2.05, 4.69) is 90.9 Å². The van der Waals surface area contributed by atoms with Gasteiger partial charge in [-0.15, -0.1) is 11.3 Å². The molecule has 0 N–H and O–H groups in total. The number of furan rings is 1. The topological polar surface area (TPSA) is 26.0 Å². The van der Waals surface area contributed by atoms with E-state index < -0.39 is 0 Å². The highest BCUT2D eigenvalue weighted by molar-refractivity contribution is 7.19. The van der Waals surface area contributed by atoms with Crippen LogP contribution in [-0.4, -0.2) is 4.98 Å². The fourth-order valence-corrected chi connectivity index (χ4v) is 7.18. The van der Waals surface area contributed by atoms with Crippen molar-refractivity contribution >= 4 is 43.4 Å². The number of hydrogen-bond donors (Lipinski definition) is 0. The van der Waals surface area contributed by atoms with E-state index in [1.165, 1.54) is 49.7 Å². The first-order chi connectivity index (χ1) is 16.0. The normalized spacial score (nSPS) is 17.5. The van der Waals surface area contributed by atoms with Crippen molar-refractivity contribution in [2.45, 2.75) is 77.6 Å². The van der Waals surface area contributed by atoms with Crippen molar-refractivity contribution in [3.05, 3.63) is 64.7 Å². The number of benzene rings is 2. The Morgan fingerprint density at radius 1 is 0.882 bits per heavy atom. The van der Waals surface area contributed by atoms with Gasteiger partial charge in [-0.3, -0.25) is 4.98 Å². The molecule has 6 rings (SSSR count). The average molecular weight is 468 g/mol. The van der Waals surface area contributed by atoms with Crippen molar-refractivity contribution in [3.63, 3.8) is 0 Å². The van der Waals surface area contributed by atoms with E-state index >= 15 is 0 Å². The highest BCUT2D eigenvalue weighted by Crippen LogP contribution is 2.54. The van der Waals surface area contributed by atoms with Crippen LogP contribution in [0.3, 0.4) is 0 Å². The lowest BCUT2D eigenvalue weighted by molar-refractivity contribution is 0.341. The molecule has 0 amide bonds. The molecule has 1 aliphatic rings. The minimum atomic E-state index is 0.0692. The summed E-state index contributed by atoms with van der Waals surface area (Å²) < 4.78 is 8.17. The van der Waals surface area contributed by atoms with Crippen molar-refractivity contribution in [2.75, 3.05) is 0 Å². The fourth-order valence-electron chi connectivity index (χ4n) is 5.67. The first-order valence-corrected chi connectivity index (χ1v) is 13.2. The summed E-state index contributed by atoms with van der Waals surface area (Å²) in [5.74, 6) is 0. The molecule has 2 aromatic carbocycles. The summed E-state index contributed by atoms with van der Waals surface area (Å²) in [6.07, 6.45) is 4.35. The molecule has 3 heterocycles. The molecule has 1 aliphatic carbocycles. The summed E-state index contributed by atoms with van der Waals surface area (Å²) in [5.41, 5.74) is 7.22. The summed E-state index contributed by atoms with van der Waals surface area (Å²) in [4.78, 5) is 6.28. The quantitative estimate of drug-likeness (QED) is 0.245. The van der Waals surface area contributed by atoms with E-state index in [4.69, 9.17) is 9.40 Å². The Labute approximate surface area is 206 Å². The molecule has 0 fully saturated rings. The Bertz CT molecular complexity index is 1590. The second-order valence-corrected chi connectivity index (χ2v) is 13.4. The summed E-state index contributed by atoms with van der Waals surface area (Å²) in [6, 6.07) is 15.4. The van der Waals surface area contributed by atoms with Gasteiger partial charge in [-0.1, -0.05) is 60.6 Å². The smallest absolute Gasteiger partial charge is 0.144 e. The maximum Gasteiger partial charge on any atom is 0.144 e. The second kappa shape index (κ2) is 6.95. The lowest BCUT2D eigenvalue weighted by Gasteiger charge is -2.39. The Morgan fingerprint density at radius 3 is 2.38 bits per heavy atom. The molecule has 174 valence electrons. The number of thiophene rings is 1. The largest absolute Gasteiger partial charge is 0.455 e. The number of para-hydroxylation sites is 1. The zero-order valence-corrected chi connectivity index (χ0v) is 22.1. The van der Waals surface area contributed by atoms with E-state index in [1.807, 2.05) is 17.5 Å². The molecule has 0 atom stereocenters. The van der Waals surface area contributed by atoms with Crippen molar-refractivity contribution in [1.82, 2.24) is 4.98 Å². The number of rotatable bonds is 1. The van der Waals surface area contributed by atoms with E-state index in [9.17, 15) is 0 Å². The van der Waals surface area contributed by atoms with Gasteiger partial charge in [0.15, 0.2) is 0 Å². The number of nitrogens with zero attached hydrogens (tertiary/aromatic N) is 1. The maximum absolute atomic E-state index is 6.83. The molecule has 0 saturated carbocycles. The van der Waals surface area contributed by atoms with Crippen LogP contribution in [0.25, 0.3) is 43.3 Å². The zero-order chi connectivity index (χ0) is 24.0. The molecule has 0 bridgehead atoms. The van der Waals surface area contributed by atoms with Crippen LogP contribution in [0.2, 0.25) is 0 Å². The van der Waals surface area contributed by atoms with Gasteiger partial charge in [0, 0.05) is 37.5 Å². The Hall–Kier alpha value is -2.65.